The molecule has 1 aliphatic rings. The van der Waals surface area contributed by atoms with Crippen LogP contribution < -0.4 is 5.32 Å². The topological polar surface area (TPSA) is 84.8 Å². The van der Waals surface area contributed by atoms with Crippen molar-refractivity contribution in [2.75, 3.05) is 11.9 Å². The lowest BCUT2D eigenvalue weighted by atomic mass is 10.1. The third-order valence-corrected chi connectivity index (χ3v) is 2.15. The molecular formula is C9H7N2O3-. The van der Waals surface area contributed by atoms with Gasteiger partial charge >= 0.3 is 5.97 Å². The summed E-state index contributed by atoms with van der Waals surface area (Å²) >= 11 is 0. The number of hydrogen-bond donors (Lipinski definition) is 2. The van der Waals surface area contributed by atoms with E-state index in [-0.39, 0.29) is 5.56 Å². The number of benzene rings is 1. The number of anilines is 1. The molecule has 0 unspecified atom stereocenters. The number of carbonyl (C=O) groups is 1. The molecule has 14 heavy (non-hydrogen) atoms. The van der Waals surface area contributed by atoms with Gasteiger partial charge in [0.1, 0.15) is 0 Å². The van der Waals surface area contributed by atoms with Crippen molar-refractivity contribution in [3.8, 4) is 0 Å². The van der Waals surface area contributed by atoms with Gasteiger partial charge < -0.3 is 20.8 Å². The smallest absolute Gasteiger partial charge is 0.337 e. The minimum Gasteiger partial charge on any atom is -0.792 e. The van der Waals surface area contributed by atoms with Crippen molar-refractivity contribution in [3.05, 3.63) is 34.5 Å². The third kappa shape index (κ3) is 1.10. The molecule has 72 valence electrons. The molecular weight excluding hydrogens is 184 g/mol. The van der Waals surface area contributed by atoms with Crippen LogP contribution in [0.4, 0.5) is 5.69 Å². The number of para-hydroxylation sites is 1. The van der Waals surface area contributed by atoms with E-state index in [0.29, 0.717) is 23.5 Å². The Bertz CT molecular complexity index is 426. The summed E-state index contributed by atoms with van der Waals surface area (Å²) in [4.78, 5) is 10.8. The number of carboxylic acid groups (broad SMARTS) is 1. The zero-order valence-electron chi connectivity index (χ0n) is 7.15. The van der Waals surface area contributed by atoms with E-state index in [1.165, 1.54) is 6.07 Å². The number of rotatable bonds is 1. The van der Waals surface area contributed by atoms with Crippen LogP contribution in [-0.4, -0.2) is 23.3 Å². The first-order valence-electron chi connectivity index (χ1n) is 4.04. The van der Waals surface area contributed by atoms with E-state index in [1.807, 2.05) is 0 Å². The predicted molar refractivity (Wildman–Crippen MR) is 51.8 cm³/mol. The fourth-order valence-corrected chi connectivity index (χ4v) is 1.51. The van der Waals surface area contributed by atoms with Crippen LogP contribution in [0, 0.1) is 5.21 Å². The van der Waals surface area contributed by atoms with E-state index in [1.54, 1.807) is 12.1 Å². The molecule has 2 rings (SSSR count). The Morgan fingerprint density at radius 3 is 3.00 bits per heavy atom. The second-order valence-electron chi connectivity index (χ2n) is 2.92. The highest BCUT2D eigenvalue weighted by Gasteiger charge is 2.21. The molecule has 0 aromatic heterocycles. The molecule has 0 fully saturated rings. The summed E-state index contributed by atoms with van der Waals surface area (Å²) < 4.78 is 0. The number of fused-ring (bicyclic) bond motifs is 1. The van der Waals surface area contributed by atoms with Gasteiger partial charge in [-0.25, -0.2) is 4.79 Å². The monoisotopic (exact) mass is 191 g/mol. The first-order valence-corrected chi connectivity index (χ1v) is 4.04. The summed E-state index contributed by atoms with van der Waals surface area (Å²) in [7, 11) is 0. The fourth-order valence-electron chi connectivity index (χ4n) is 1.51. The molecule has 0 atom stereocenters. The van der Waals surface area contributed by atoms with Gasteiger partial charge in [0.25, 0.3) is 0 Å². The van der Waals surface area contributed by atoms with Crippen LogP contribution in [-0.2, 0) is 0 Å². The molecule has 5 heteroatoms. The molecule has 2 N–H and O–H groups in total. The molecule has 1 aliphatic heterocycles. The maximum absolute atomic E-state index is 10.8. The van der Waals surface area contributed by atoms with Crippen LogP contribution in [0.3, 0.4) is 0 Å². The van der Waals surface area contributed by atoms with E-state index in [4.69, 9.17) is 5.11 Å². The van der Waals surface area contributed by atoms with Crippen molar-refractivity contribution >= 4 is 17.4 Å². The van der Waals surface area contributed by atoms with Crippen LogP contribution in [0.15, 0.2) is 23.4 Å². The van der Waals surface area contributed by atoms with Crippen molar-refractivity contribution in [2.45, 2.75) is 0 Å². The maximum atomic E-state index is 10.8. The number of nitrogens with one attached hydrogen (secondary N) is 1. The summed E-state index contributed by atoms with van der Waals surface area (Å²) in [5.74, 6) is -1.01. The van der Waals surface area contributed by atoms with Crippen LogP contribution in [0.25, 0.3) is 0 Å². The number of carboxylic acids is 1. The first kappa shape index (κ1) is 8.55. The standard InChI is InChI=1S/C9H8N2O3/c12-9(13)6-3-1-2-5-7(11-14)4-10-8(5)6/h1-3,10,14H,4H2,(H,12,13)/p-1/b11-7+. The van der Waals surface area contributed by atoms with Gasteiger partial charge in [0.05, 0.1) is 23.5 Å². The number of aromatic carboxylic acids is 1. The van der Waals surface area contributed by atoms with Gasteiger partial charge in [0, 0.05) is 5.56 Å². The van der Waals surface area contributed by atoms with Gasteiger partial charge in [0.2, 0.25) is 0 Å². The minimum absolute atomic E-state index is 0.168. The van der Waals surface area contributed by atoms with Crippen LogP contribution in [0.1, 0.15) is 15.9 Å². The molecule has 0 aliphatic carbocycles. The van der Waals surface area contributed by atoms with Gasteiger partial charge in [-0.3, -0.25) is 0 Å². The highest BCUT2D eigenvalue weighted by atomic mass is 16.4. The molecule has 0 radical (unpaired) electrons. The normalized spacial score (nSPS) is 16.4. The second-order valence-corrected chi connectivity index (χ2v) is 2.92. The lowest BCUT2D eigenvalue weighted by Gasteiger charge is -2.03. The summed E-state index contributed by atoms with van der Waals surface area (Å²) in [6.45, 7) is 0.295. The van der Waals surface area contributed by atoms with Crippen molar-refractivity contribution in [1.29, 1.82) is 0 Å². The highest BCUT2D eigenvalue weighted by Crippen LogP contribution is 2.26. The number of hydrogen-bond acceptors (Lipinski definition) is 4. The molecule has 0 spiro atoms. The van der Waals surface area contributed by atoms with Gasteiger partial charge in [-0.2, -0.15) is 0 Å². The molecule has 0 bridgehead atoms. The van der Waals surface area contributed by atoms with Crippen molar-refractivity contribution < 1.29 is 9.90 Å². The lowest BCUT2D eigenvalue weighted by Crippen LogP contribution is -2.03. The van der Waals surface area contributed by atoms with E-state index < -0.39 is 5.97 Å². The molecule has 0 saturated heterocycles. The van der Waals surface area contributed by atoms with Crippen LogP contribution in [0.5, 0.6) is 0 Å². The Balaban J connectivity index is 2.61. The van der Waals surface area contributed by atoms with Crippen molar-refractivity contribution in [1.82, 2.24) is 0 Å². The lowest BCUT2D eigenvalue weighted by molar-refractivity contribution is 0.0698. The van der Waals surface area contributed by atoms with E-state index in [2.05, 4.69) is 10.5 Å². The summed E-state index contributed by atoms with van der Waals surface area (Å²) in [6, 6.07) is 4.76. The van der Waals surface area contributed by atoms with Crippen LogP contribution >= 0.6 is 0 Å². The van der Waals surface area contributed by atoms with Gasteiger partial charge in [-0.15, -0.1) is 0 Å². The average Bonchev–Trinajstić information content (AvgIpc) is 2.59. The Labute approximate surface area is 79.7 Å². The minimum atomic E-state index is -1.01. The van der Waals surface area contributed by atoms with Gasteiger partial charge in [0.15, 0.2) is 0 Å². The maximum Gasteiger partial charge on any atom is 0.337 e. The van der Waals surface area contributed by atoms with E-state index >= 15 is 0 Å². The van der Waals surface area contributed by atoms with Crippen LogP contribution in [0.2, 0.25) is 0 Å². The SMILES string of the molecule is O=C(O)c1cccc2c1NC/C2=N\[O-]. The molecule has 0 saturated carbocycles. The highest BCUT2D eigenvalue weighted by molar-refractivity contribution is 6.15. The molecule has 1 aromatic carbocycles. The zero-order valence-corrected chi connectivity index (χ0v) is 7.15. The Kier molecular flexibility index (Phi) is 1.85. The van der Waals surface area contributed by atoms with Gasteiger partial charge in [-0.05, 0) is 6.07 Å². The summed E-state index contributed by atoms with van der Waals surface area (Å²) in [5.41, 5.74) is 1.58. The Morgan fingerprint density at radius 2 is 2.36 bits per heavy atom. The summed E-state index contributed by atoms with van der Waals surface area (Å²) in [6.07, 6.45) is 0. The third-order valence-electron chi connectivity index (χ3n) is 2.15. The van der Waals surface area contributed by atoms with Crippen molar-refractivity contribution in [2.24, 2.45) is 5.16 Å². The zero-order chi connectivity index (χ0) is 10.1. The van der Waals surface area contributed by atoms with E-state index in [0.717, 1.165) is 0 Å². The van der Waals surface area contributed by atoms with Crippen molar-refractivity contribution in [3.63, 3.8) is 0 Å². The fraction of sp³-hybridized carbons (Fsp3) is 0.111. The number of nitrogens with zero attached hydrogens (tertiary/aromatic N) is 1. The second kappa shape index (κ2) is 3.02. The molecule has 0 amide bonds. The first-order chi connectivity index (χ1) is 6.74. The summed E-state index contributed by atoms with van der Waals surface area (Å²) in [5, 5.41) is 24.9. The Morgan fingerprint density at radius 1 is 1.57 bits per heavy atom. The Hall–Kier alpha value is -2.04. The van der Waals surface area contributed by atoms with E-state index in [9.17, 15) is 10.0 Å². The molecule has 5 nitrogen and oxygen atoms in total. The average molecular weight is 191 g/mol. The molecule has 1 aromatic rings. The predicted octanol–water partition coefficient (Wildman–Crippen LogP) is 1.10. The quantitative estimate of drug-likeness (QED) is 0.651. The molecule has 1 heterocycles. The van der Waals surface area contributed by atoms with Gasteiger partial charge in [-0.1, -0.05) is 12.1 Å². The largest absolute Gasteiger partial charge is 0.792 e.